The van der Waals surface area contributed by atoms with Gasteiger partial charge in [0.2, 0.25) is 0 Å². The van der Waals surface area contributed by atoms with Crippen LogP contribution in [-0.4, -0.2) is 18.3 Å². The van der Waals surface area contributed by atoms with E-state index in [9.17, 15) is 5.11 Å². The molecule has 1 aliphatic heterocycles. The monoisotopic (exact) mass is 482 g/mol. The van der Waals surface area contributed by atoms with Crippen LogP contribution in [0, 0.1) is 0 Å². The first-order valence-corrected chi connectivity index (χ1v) is 8.97. The number of hydrogen-bond acceptors (Lipinski definition) is 4. The van der Waals surface area contributed by atoms with Crippen LogP contribution in [0.25, 0.3) is 0 Å². The molecule has 0 saturated heterocycles. The SMILES string of the molecule is OC(c1cc(Br)c(Br)s1)c1cc2c(cc1Br)OCCO2. The smallest absolute Gasteiger partial charge is 0.162 e. The van der Waals surface area contributed by atoms with Crippen molar-refractivity contribution in [2.45, 2.75) is 6.10 Å². The zero-order valence-corrected chi connectivity index (χ0v) is 15.6. The van der Waals surface area contributed by atoms with E-state index in [2.05, 4.69) is 47.8 Å². The van der Waals surface area contributed by atoms with E-state index < -0.39 is 6.10 Å². The molecule has 0 spiro atoms. The standard InChI is InChI=1S/C13H9Br3O3S/c14-7-4-10-9(18-1-2-19-10)3-6(7)12(17)11-5-8(15)13(16)20-11/h3-5,12,17H,1-2H2. The van der Waals surface area contributed by atoms with Crippen molar-refractivity contribution in [2.75, 3.05) is 13.2 Å². The maximum atomic E-state index is 10.6. The lowest BCUT2D eigenvalue weighted by atomic mass is 10.1. The molecule has 1 atom stereocenters. The lowest BCUT2D eigenvalue weighted by molar-refractivity contribution is 0.169. The average molecular weight is 485 g/mol. The third kappa shape index (κ3) is 2.78. The predicted molar refractivity (Wildman–Crippen MR) is 88.9 cm³/mol. The molecular formula is C13H9Br3O3S. The zero-order valence-electron chi connectivity index (χ0n) is 10.0. The van der Waals surface area contributed by atoms with Crippen LogP contribution in [0.3, 0.4) is 0 Å². The molecule has 2 heterocycles. The second-order valence-electron chi connectivity index (χ2n) is 4.19. The number of rotatable bonds is 2. The first-order valence-electron chi connectivity index (χ1n) is 5.78. The van der Waals surface area contributed by atoms with Gasteiger partial charge in [0.25, 0.3) is 0 Å². The number of fused-ring (bicyclic) bond motifs is 1. The van der Waals surface area contributed by atoms with Crippen molar-refractivity contribution < 1.29 is 14.6 Å². The summed E-state index contributed by atoms with van der Waals surface area (Å²) in [5, 5.41) is 10.6. The zero-order chi connectivity index (χ0) is 14.3. The largest absolute Gasteiger partial charge is 0.486 e. The lowest BCUT2D eigenvalue weighted by Crippen LogP contribution is -2.16. The van der Waals surface area contributed by atoms with Crippen molar-refractivity contribution in [1.29, 1.82) is 0 Å². The third-order valence-electron chi connectivity index (χ3n) is 2.89. The van der Waals surface area contributed by atoms with Gasteiger partial charge in [0.15, 0.2) is 11.5 Å². The number of aliphatic hydroxyl groups is 1. The van der Waals surface area contributed by atoms with E-state index >= 15 is 0 Å². The molecule has 0 radical (unpaired) electrons. The molecule has 20 heavy (non-hydrogen) atoms. The fraction of sp³-hybridized carbons (Fsp3) is 0.231. The third-order valence-corrected chi connectivity index (χ3v) is 6.89. The van der Waals surface area contributed by atoms with Crippen LogP contribution in [0.5, 0.6) is 11.5 Å². The van der Waals surface area contributed by atoms with Crippen LogP contribution in [-0.2, 0) is 0 Å². The number of thiophene rings is 1. The minimum atomic E-state index is -0.715. The molecule has 0 bridgehead atoms. The molecule has 3 nitrogen and oxygen atoms in total. The highest BCUT2D eigenvalue weighted by molar-refractivity contribution is 9.13. The summed E-state index contributed by atoms with van der Waals surface area (Å²) in [4.78, 5) is 0.848. The van der Waals surface area contributed by atoms with Gasteiger partial charge in [-0.1, -0.05) is 15.9 Å². The van der Waals surface area contributed by atoms with Crippen LogP contribution in [0.4, 0.5) is 0 Å². The summed E-state index contributed by atoms with van der Waals surface area (Å²) in [6.45, 7) is 1.08. The van der Waals surface area contributed by atoms with E-state index in [1.54, 1.807) is 0 Å². The topological polar surface area (TPSA) is 38.7 Å². The summed E-state index contributed by atoms with van der Waals surface area (Å²) < 4.78 is 13.8. The maximum Gasteiger partial charge on any atom is 0.162 e. The van der Waals surface area contributed by atoms with Gasteiger partial charge < -0.3 is 14.6 Å². The van der Waals surface area contributed by atoms with Crippen molar-refractivity contribution in [2.24, 2.45) is 0 Å². The highest BCUT2D eigenvalue weighted by Crippen LogP contribution is 2.42. The van der Waals surface area contributed by atoms with Crippen LogP contribution in [0.2, 0.25) is 0 Å². The van der Waals surface area contributed by atoms with Gasteiger partial charge in [-0.3, -0.25) is 0 Å². The van der Waals surface area contributed by atoms with Gasteiger partial charge in [-0.2, -0.15) is 0 Å². The first-order chi connectivity index (χ1) is 9.56. The second-order valence-corrected chi connectivity index (χ2v) is 8.30. The Morgan fingerprint density at radius 3 is 2.25 bits per heavy atom. The number of ether oxygens (including phenoxy) is 2. The molecule has 3 rings (SSSR count). The minimum absolute atomic E-state index is 0.528. The van der Waals surface area contributed by atoms with Crippen molar-refractivity contribution in [1.82, 2.24) is 0 Å². The Kier molecular flexibility index (Phi) is 4.42. The van der Waals surface area contributed by atoms with Crippen molar-refractivity contribution in [3.05, 3.63) is 41.4 Å². The van der Waals surface area contributed by atoms with E-state index in [1.165, 1.54) is 11.3 Å². The summed E-state index contributed by atoms with van der Waals surface area (Å²) in [5.74, 6) is 1.37. The van der Waals surface area contributed by atoms with Crippen molar-refractivity contribution in [3.8, 4) is 11.5 Å². The van der Waals surface area contributed by atoms with Crippen LogP contribution in [0.1, 0.15) is 16.5 Å². The normalized spacial score (nSPS) is 15.2. The number of halogens is 3. The molecule has 1 aromatic heterocycles. The quantitative estimate of drug-likeness (QED) is 0.659. The second kappa shape index (κ2) is 5.96. The van der Waals surface area contributed by atoms with Gasteiger partial charge in [-0.25, -0.2) is 0 Å². The van der Waals surface area contributed by atoms with E-state index in [0.717, 1.165) is 23.2 Å². The summed E-state index contributed by atoms with van der Waals surface area (Å²) in [7, 11) is 0. The lowest BCUT2D eigenvalue weighted by Gasteiger charge is -2.21. The molecule has 1 aliphatic rings. The van der Waals surface area contributed by atoms with Gasteiger partial charge in [0.05, 0.1) is 3.79 Å². The van der Waals surface area contributed by atoms with Gasteiger partial charge in [0, 0.05) is 19.4 Å². The molecule has 7 heteroatoms. The summed E-state index contributed by atoms with van der Waals surface area (Å²) in [6, 6.07) is 5.57. The molecule has 1 N–H and O–H groups in total. The van der Waals surface area contributed by atoms with E-state index in [0.29, 0.717) is 24.7 Å². The van der Waals surface area contributed by atoms with Gasteiger partial charge in [-0.05, 0) is 50.1 Å². The molecule has 1 aromatic carbocycles. The van der Waals surface area contributed by atoms with Gasteiger partial charge in [0.1, 0.15) is 19.3 Å². The van der Waals surface area contributed by atoms with Crippen LogP contribution < -0.4 is 9.47 Å². The first kappa shape index (κ1) is 14.8. The molecule has 0 saturated carbocycles. The number of aliphatic hydroxyl groups excluding tert-OH is 1. The van der Waals surface area contributed by atoms with Gasteiger partial charge in [-0.15, -0.1) is 11.3 Å². The Morgan fingerprint density at radius 1 is 1.00 bits per heavy atom. The molecule has 106 valence electrons. The van der Waals surface area contributed by atoms with E-state index in [-0.39, 0.29) is 0 Å². The number of benzene rings is 1. The summed E-state index contributed by atoms with van der Waals surface area (Å²) in [6.07, 6.45) is -0.715. The molecule has 0 amide bonds. The fourth-order valence-electron chi connectivity index (χ4n) is 1.94. The predicted octanol–water partition coefficient (Wildman–Crippen LogP) is 4.89. The molecule has 0 fully saturated rings. The molecule has 1 unspecified atom stereocenters. The van der Waals surface area contributed by atoms with Crippen LogP contribution >= 0.6 is 59.1 Å². The molecular weight excluding hydrogens is 476 g/mol. The minimum Gasteiger partial charge on any atom is -0.486 e. The van der Waals surface area contributed by atoms with Crippen molar-refractivity contribution >= 4 is 59.1 Å². The Bertz CT molecular complexity index is 637. The van der Waals surface area contributed by atoms with Gasteiger partial charge >= 0.3 is 0 Å². The maximum absolute atomic E-state index is 10.6. The van der Waals surface area contributed by atoms with Crippen molar-refractivity contribution in [3.63, 3.8) is 0 Å². The molecule has 0 aliphatic carbocycles. The average Bonchev–Trinajstić information content (AvgIpc) is 2.77. The van der Waals surface area contributed by atoms with E-state index in [4.69, 9.17) is 9.47 Å². The fourth-order valence-corrected chi connectivity index (χ4v) is 4.57. The number of hydrogen-bond donors (Lipinski definition) is 1. The molecule has 2 aromatic rings. The summed E-state index contributed by atoms with van der Waals surface area (Å²) >= 11 is 11.8. The Balaban J connectivity index is 2.00. The van der Waals surface area contributed by atoms with E-state index in [1.807, 2.05) is 18.2 Å². The Labute approximate surface area is 145 Å². The Morgan fingerprint density at radius 2 is 1.65 bits per heavy atom. The summed E-state index contributed by atoms with van der Waals surface area (Å²) in [5.41, 5.74) is 0.760. The highest BCUT2D eigenvalue weighted by Gasteiger charge is 2.22. The highest BCUT2D eigenvalue weighted by atomic mass is 79.9. The van der Waals surface area contributed by atoms with Crippen LogP contribution in [0.15, 0.2) is 30.9 Å². The Hall–Kier alpha value is -0.0800.